The van der Waals surface area contributed by atoms with Crippen LogP contribution in [-0.4, -0.2) is 78.1 Å². The zero-order chi connectivity index (χ0) is 20.4. The Hall–Kier alpha value is -1.99. The number of ether oxygens (including phenoxy) is 3. The van der Waals surface area contributed by atoms with E-state index < -0.39 is 5.60 Å². The lowest BCUT2D eigenvalue weighted by Crippen LogP contribution is -2.49. The van der Waals surface area contributed by atoms with Crippen LogP contribution in [0, 0.1) is 5.92 Å². The molecule has 0 saturated carbocycles. The highest BCUT2D eigenvalue weighted by atomic mass is 16.6. The molecular formula is C22H32N2O5. The van der Waals surface area contributed by atoms with Gasteiger partial charge in [-0.15, -0.1) is 0 Å². The number of benzene rings is 1. The van der Waals surface area contributed by atoms with E-state index in [-0.39, 0.29) is 24.8 Å². The van der Waals surface area contributed by atoms with Crippen LogP contribution in [0.5, 0.6) is 11.5 Å². The molecule has 3 aliphatic rings. The summed E-state index contributed by atoms with van der Waals surface area (Å²) in [5, 5.41) is 10.3. The van der Waals surface area contributed by atoms with Crippen molar-refractivity contribution in [1.82, 2.24) is 9.80 Å². The molecule has 2 atom stereocenters. The minimum absolute atomic E-state index is 0.0633. The number of rotatable bonds is 6. The molecule has 3 heterocycles. The topological polar surface area (TPSA) is 71.5 Å². The number of carbonyl (C=O) groups is 1. The highest BCUT2D eigenvalue weighted by Crippen LogP contribution is 2.32. The summed E-state index contributed by atoms with van der Waals surface area (Å²) in [6, 6.07) is 7.56. The van der Waals surface area contributed by atoms with Gasteiger partial charge in [0, 0.05) is 13.1 Å². The second-order valence-electron chi connectivity index (χ2n) is 8.97. The molecule has 1 N–H and O–H groups in total. The van der Waals surface area contributed by atoms with Gasteiger partial charge in [0.15, 0.2) is 11.5 Å². The minimum atomic E-state index is -0.948. The summed E-state index contributed by atoms with van der Waals surface area (Å²) in [4.78, 5) is 16.2. The second kappa shape index (κ2) is 8.40. The van der Waals surface area contributed by atoms with E-state index >= 15 is 0 Å². The molecule has 4 rings (SSSR count). The van der Waals surface area contributed by atoms with E-state index in [4.69, 9.17) is 14.2 Å². The van der Waals surface area contributed by atoms with Crippen molar-refractivity contribution in [2.24, 2.45) is 5.92 Å². The van der Waals surface area contributed by atoms with Gasteiger partial charge in [-0.25, -0.2) is 4.79 Å². The molecule has 0 radical (unpaired) electrons. The van der Waals surface area contributed by atoms with Crippen LogP contribution in [0.25, 0.3) is 0 Å². The summed E-state index contributed by atoms with van der Waals surface area (Å²) in [5.41, 5.74) is -0.948. The summed E-state index contributed by atoms with van der Waals surface area (Å²) >= 11 is 0. The fourth-order valence-electron chi connectivity index (χ4n) is 4.50. The standard InChI is InChI=1S/C22H32N2O5/c1-22(2,26)20-15-28-21(25)24(20)12-9-16-7-10-23(11-8-16)13-17-14-27-18-5-3-4-6-19(18)29-17/h3-6,16-17,20,26H,7-15H2,1-2H3/t17-,20-/m0/s1. The van der Waals surface area contributed by atoms with E-state index in [0.29, 0.717) is 19.1 Å². The number of piperidine rings is 1. The average molecular weight is 405 g/mol. The smallest absolute Gasteiger partial charge is 0.410 e. The molecular weight excluding hydrogens is 372 g/mol. The maximum absolute atomic E-state index is 12.0. The van der Waals surface area contributed by atoms with Gasteiger partial charge in [-0.1, -0.05) is 12.1 Å². The lowest BCUT2D eigenvalue weighted by Gasteiger charge is -2.36. The first-order chi connectivity index (χ1) is 13.9. The van der Waals surface area contributed by atoms with Crippen LogP contribution >= 0.6 is 0 Å². The molecule has 1 amide bonds. The number of cyclic esters (lactones) is 1. The predicted molar refractivity (Wildman–Crippen MR) is 108 cm³/mol. The first-order valence-electron chi connectivity index (χ1n) is 10.7. The normalized spacial score (nSPS) is 25.9. The maximum Gasteiger partial charge on any atom is 0.410 e. The number of hydrogen-bond acceptors (Lipinski definition) is 6. The third-order valence-electron chi connectivity index (χ3n) is 6.31. The van der Waals surface area contributed by atoms with E-state index in [2.05, 4.69) is 4.90 Å². The molecule has 0 aliphatic carbocycles. The molecule has 7 heteroatoms. The highest BCUT2D eigenvalue weighted by Gasteiger charge is 2.42. The van der Waals surface area contributed by atoms with Crippen LogP contribution in [0.2, 0.25) is 0 Å². The van der Waals surface area contributed by atoms with E-state index in [1.54, 1.807) is 18.7 Å². The minimum Gasteiger partial charge on any atom is -0.486 e. The SMILES string of the molecule is CC(C)(O)[C@@H]1COC(=O)N1CCC1CCN(C[C@H]2COc3ccccc3O2)CC1. The molecule has 1 aromatic rings. The molecule has 29 heavy (non-hydrogen) atoms. The number of aliphatic hydroxyl groups is 1. The van der Waals surface area contributed by atoms with E-state index in [1.165, 1.54) is 0 Å². The summed E-state index contributed by atoms with van der Waals surface area (Å²) in [6.07, 6.45) is 2.93. The van der Waals surface area contributed by atoms with Crippen LogP contribution in [0.15, 0.2) is 24.3 Å². The molecule has 1 aromatic carbocycles. The summed E-state index contributed by atoms with van der Waals surface area (Å²) < 4.78 is 17.1. The van der Waals surface area contributed by atoms with Gasteiger partial charge in [0.1, 0.15) is 19.3 Å². The van der Waals surface area contributed by atoms with Gasteiger partial charge in [0.2, 0.25) is 0 Å². The third-order valence-corrected chi connectivity index (χ3v) is 6.31. The number of nitrogens with zero attached hydrogens (tertiary/aromatic N) is 2. The molecule has 160 valence electrons. The Labute approximate surface area is 172 Å². The van der Waals surface area contributed by atoms with Crippen molar-refractivity contribution in [1.29, 1.82) is 0 Å². The molecule has 3 aliphatic heterocycles. The van der Waals surface area contributed by atoms with Crippen molar-refractivity contribution in [3.05, 3.63) is 24.3 Å². The first-order valence-corrected chi connectivity index (χ1v) is 10.7. The van der Waals surface area contributed by atoms with Crippen molar-refractivity contribution < 1.29 is 24.1 Å². The van der Waals surface area contributed by atoms with Gasteiger partial charge in [0.05, 0.1) is 11.6 Å². The van der Waals surface area contributed by atoms with Gasteiger partial charge >= 0.3 is 6.09 Å². The summed E-state index contributed by atoms with van der Waals surface area (Å²) in [7, 11) is 0. The van der Waals surface area contributed by atoms with Gasteiger partial charge in [-0.3, -0.25) is 9.80 Å². The number of amides is 1. The van der Waals surface area contributed by atoms with Gasteiger partial charge in [-0.2, -0.15) is 0 Å². The number of likely N-dealkylation sites (tertiary alicyclic amines) is 1. The molecule has 0 aromatic heterocycles. The monoisotopic (exact) mass is 404 g/mol. The molecule has 0 bridgehead atoms. The first kappa shape index (κ1) is 20.3. The Kier molecular flexibility index (Phi) is 5.88. The molecule has 2 saturated heterocycles. The van der Waals surface area contributed by atoms with Crippen molar-refractivity contribution in [2.75, 3.05) is 39.4 Å². The number of carbonyl (C=O) groups excluding carboxylic acids is 1. The fraction of sp³-hybridized carbons (Fsp3) is 0.682. The van der Waals surface area contributed by atoms with Crippen molar-refractivity contribution in [3.8, 4) is 11.5 Å². The van der Waals surface area contributed by atoms with E-state index in [0.717, 1.165) is 50.4 Å². The Morgan fingerprint density at radius 2 is 1.83 bits per heavy atom. The molecule has 2 fully saturated rings. The maximum atomic E-state index is 12.0. The van der Waals surface area contributed by atoms with Crippen molar-refractivity contribution in [2.45, 2.75) is 50.9 Å². The number of para-hydroxylation sites is 2. The van der Waals surface area contributed by atoms with Crippen LogP contribution < -0.4 is 9.47 Å². The third kappa shape index (κ3) is 4.78. The Morgan fingerprint density at radius 1 is 1.10 bits per heavy atom. The van der Waals surface area contributed by atoms with Gasteiger partial charge < -0.3 is 19.3 Å². The average Bonchev–Trinajstić information content (AvgIpc) is 3.08. The van der Waals surface area contributed by atoms with Gasteiger partial charge in [-0.05, 0) is 64.3 Å². The van der Waals surface area contributed by atoms with E-state index in [1.807, 2.05) is 24.3 Å². The molecule has 0 unspecified atom stereocenters. The Balaban J connectivity index is 1.21. The number of fused-ring (bicyclic) bond motifs is 1. The largest absolute Gasteiger partial charge is 0.486 e. The highest BCUT2D eigenvalue weighted by molar-refractivity contribution is 5.70. The second-order valence-corrected chi connectivity index (χ2v) is 8.97. The fourth-order valence-corrected chi connectivity index (χ4v) is 4.50. The lowest BCUT2D eigenvalue weighted by molar-refractivity contribution is 0.00534. The van der Waals surface area contributed by atoms with E-state index in [9.17, 15) is 9.90 Å². The molecule has 0 spiro atoms. The van der Waals surface area contributed by atoms with Crippen molar-refractivity contribution in [3.63, 3.8) is 0 Å². The molecule has 7 nitrogen and oxygen atoms in total. The summed E-state index contributed by atoms with van der Waals surface area (Å²) in [5.74, 6) is 2.25. The lowest BCUT2D eigenvalue weighted by atomic mass is 9.92. The van der Waals surface area contributed by atoms with Gasteiger partial charge in [0.25, 0.3) is 0 Å². The zero-order valence-electron chi connectivity index (χ0n) is 17.4. The van der Waals surface area contributed by atoms with Crippen LogP contribution in [0.3, 0.4) is 0 Å². The Bertz CT molecular complexity index is 711. The van der Waals surface area contributed by atoms with Crippen LogP contribution in [0.4, 0.5) is 4.79 Å². The Morgan fingerprint density at radius 3 is 2.55 bits per heavy atom. The quantitative estimate of drug-likeness (QED) is 0.786. The number of hydrogen-bond donors (Lipinski definition) is 1. The zero-order valence-corrected chi connectivity index (χ0v) is 17.4. The van der Waals surface area contributed by atoms with Crippen LogP contribution in [-0.2, 0) is 4.74 Å². The van der Waals surface area contributed by atoms with Crippen LogP contribution in [0.1, 0.15) is 33.1 Å². The summed E-state index contributed by atoms with van der Waals surface area (Å²) in [6.45, 7) is 7.92. The van der Waals surface area contributed by atoms with Crippen molar-refractivity contribution >= 4 is 6.09 Å². The predicted octanol–water partition coefficient (Wildman–Crippen LogP) is 2.52.